The molecule has 0 fully saturated rings. The first kappa shape index (κ1) is 23.0. The quantitative estimate of drug-likeness (QED) is 0.286. The van der Waals surface area contributed by atoms with E-state index >= 15 is 0 Å². The van der Waals surface area contributed by atoms with Gasteiger partial charge in [0.2, 0.25) is 5.88 Å². The molecule has 5 nitrogen and oxygen atoms in total. The van der Waals surface area contributed by atoms with Crippen LogP contribution in [0.25, 0.3) is 0 Å². The summed E-state index contributed by atoms with van der Waals surface area (Å²) < 4.78 is 13.0. The number of hydrogen-bond donors (Lipinski definition) is 1. The van der Waals surface area contributed by atoms with Crippen molar-refractivity contribution < 1.29 is 14.6 Å². The van der Waals surface area contributed by atoms with Gasteiger partial charge in [0.1, 0.15) is 4.88 Å². The Morgan fingerprint density at radius 3 is 2.42 bits per heavy atom. The van der Waals surface area contributed by atoms with Crippen molar-refractivity contribution in [3.63, 3.8) is 0 Å². The number of ether oxygens (including phenoxy) is 2. The van der Waals surface area contributed by atoms with Gasteiger partial charge >= 0.3 is 0 Å². The number of methoxy groups -OCH3 is 2. The van der Waals surface area contributed by atoms with Crippen LogP contribution in [0.15, 0.2) is 47.5 Å². The van der Waals surface area contributed by atoms with Crippen LogP contribution in [0.5, 0.6) is 17.4 Å². The molecule has 0 saturated carbocycles. The average molecular weight is 457 g/mol. The zero-order chi connectivity index (χ0) is 22.2. The summed E-state index contributed by atoms with van der Waals surface area (Å²) in [5.41, 5.74) is 3.25. The number of unbranched alkanes of at least 4 members (excludes halogenated alkanes) is 1. The maximum atomic E-state index is 10.7. The normalized spacial score (nSPS) is 11.2. The van der Waals surface area contributed by atoms with Gasteiger partial charge in [0.15, 0.2) is 15.5 Å². The molecule has 0 unspecified atom stereocenters. The lowest BCUT2D eigenvalue weighted by Gasteiger charge is -2.10. The van der Waals surface area contributed by atoms with Gasteiger partial charge in [-0.1, -0.05) is 42.9 Å². The summed E-state index contributed by atoms with van der Waals surface area (Å²) in [5.74, 6) is 1.53. The highest BCUT2D eigenvalue weighted by atomic mass is 32.1. The summed E-state index contributed by atoms with van der Waals surface area (Å²) in [7, 11) is 3.23. The molecule has 1 heterocycles. The number of nitrogens with zero attached hydrogens (tertiary/aromatic N) is 2. The fourth-order valence-electron chi connectivity index (χ4n) is 3.24. The second-order valence-electron chi connectivity index (χ2n) is 7.18. The number of hydrogen-bond acceptors (Lipinski definition) is 6. The van der Waals surface area contributed by atoms with Crippen molar-refractivity contribution in [1.82, 2.24) is 4.57 Å². The monoisotopic (exact) mass is 456 g/mol. The van der Waals surface area contributed by atoms with E-state index in [0.717, 1.165) is 17.7 Å². The minimum atomic E-state index is 0.152. The van der Waals surface area contributed by atoms with Crippen molar-refractivity contribution in [1.29, 1.82) is 0 Å². The SMILES string of the molecule is CCCCc1ccc(N=Cc2sc(=S)n(CCc3ccc(OC)c(OC)c3)c2O)cc1. The number of thiazole rings is 1. The molecule has 31 heavy (non-hydrogen) atoms. The third kappa shape index (κ3) is 5.95. The minimum absolute atomic E-state index is 0.152. The maximum Gasteiger partial charge on any atom is 0.212 e. The molecule has 7 heteroatoms. The van der Waals surface area contributed by atoms with E-state index in [-0.39, 0.29) is 5.88 Å². The largest absolute Gasteiger partial charge is 0.493 e. The number of aryl methyl sites for hydroxylation is 2. The Bertz CT molecular complexity index is 1090. The minimum Gasteiger partial charge on any atom is -0.493 e. The van der Waals surface area contributed by atoms with Crippen molar-refractivity contribution in [2.24, 2.45) is 4.99 Å². The molecule has 0 atom stereocenters. The predicted octanol–water partition coefficient (Wildman–Crippen LogP) is 6.34. The smallest absolute Gasteiger partial charge is 0.212 e. The van der Waals surface area contributed by atoms with Gasteiger partial charge in [0.25, 0.3) is 0 Å². The van der Waals surface area contributed by atoms with Crippen LogP contribution in [-0.4, -0.2) is 30.1 Å². The molecule has 0 bridgehead atoms. The van der Waals surface area contributed by atoms with Crippen LogP contribution in [0.2, 0.25) is 0 Å². The Morgan fingerprint density at radius 2 is 1.74 bits per heavy atom. The lowest BCUT2D eigenvalue weighted by molar-refractivity contribution is 0.354. The van der Waals surface area contributed by atoms with E-state index in [0.29, 0.717) is 33.3 Å². The van der Waals surface area contributed by atoms with E-state index in [1.165, 1.54) is 29.7 Å². The topological polar surface area (TPSA) is 56.0 Å². The first-order chi connectivity index (χ1) is 15.0. The molecule has 3 aromatic rings. The van der Waals surface area contributed by atoms with Crippen molar-refractivity contribution in [3.05, 3.63) is 62.4 Å². The Labute approximate surface area is 192 Å². The Kier molecular flexibility index (Phi) is 8.26. The molecule has 1 N–H and O–H groups in total. The molecule has 0 aliphatic heterocycles. The van der Waals surface area contributed by atoms with Crippen LogP contribution in [0.4, 0.5) is 5.69 Å². The molecule has 164 valence electrons. The van der Waals surface area contributed by atoms with Crippen molar-refractivity contribution in [2.45, 2.75) is 39.2 Å². The Hall–Kier alpha value is -2.64. The van der Waals surface area contributed by atoms with E-state index in [4.69, 9.17) is 21.7 Å². The molecule has 0 saturated heterocycles. The summed E-state index contributed by atoms with van der Waals surface area (Å²) in [5, 5.41) is 10.7. The van der Waals surface area contributed by atoms with Crippen LogP contribution >= 0.6 is 23.6 Å². The van der Waals surface area contributed by atoms with E-state index in [2.05, 4.69) is 24.0 Å². The molecule has 0 aliphatic rings. The van der Waals surface area contributed by atoms with Gasteiger partial charge in [0, 0.05) is 6.54 Å². The summed E-state index contributed by atoms with van der Waals surface area (Å²) in [6.45, 7) is 2.76. The zero-order valence-electron chi connectivity index (χ0n) is 18.1. The van der Waals surface area contributed by atoms with E-state index in [1.807, 2.05) is 30.3 Å². The summed E-state index contributed by atoms with van der Waals surface area (Å²) in [4.78, 5) is 5.17. The lowest BCUT2D eigenvalue weighted by atomic mass is 10.1. The van der Waals surface area contributed by atoms with Crippen molar-refractivity contribution in [2.75, 3.05) is 14.2 Å². The second kappa shape index (κ2) is 11.1. The summed E-state index contributed by atoms with van der Waals surface area (Å²) in [6, 6.07) is 14.0. The van der Waals surface area contributed by atoms with Crippen LogP contribution in [0.1, 0.15) is 35.8 Å². The highest BCUT2D eigenvalue weighted by molar-refractivity contribution is 7.73. The molecule has 2 aromatic carbocycles. The van der Waals surface area contributed by atoms with E-state index in [9.17, 15) is 5.11 Å². The van der Waals surface area contributed by atoms with Crippen LogP contribution in [0.3, 0.4) is 0 Å². The number of aromatic hydroxyl groups is 1. The molecule has 0 spiro atoms. The van der Waals surface area contributed by atoms with Gasteiger partial charge in [-0.05, 0) is 66.9 Å². The van der Waals surface area contributed by atoms with Gasteiger partial charge in [-0.25, -0.2) is 0 Å². The molecule has 0 aliphatic carbocycles. The number of aliphatic imine (C=N–C) groups is 1. The number of benzene rings is 2. The fraction of sp³-hybridized carbons (Fsp3) is 0.333. The summed E-state index contributed by atoms with van der Waals surface area (Å²) >= 11 is 6.82. The van der Waals surface area contributed by atoms with Gasteiger partial charge < -0.3 is 14.6 Å². The molecule has 1 aromatic heterocycles. The maximum absolute atomic E-state index is 10.7. The highest BCUT2D eigenvalue weighted by Crippen LogP contribution is 2.29. The predicted molar refractivity (Wildman–Crippen MR) is 130 cm³/mol. The molecule has 0 radical (unpaired) electrons. The van der Waals surface area contributed by atoms with Crippen LogP contribution in [0, 0.1) is 3.95 Å². The molecule has 0 amide bonds. The third-order valence-electron chi connectivity index (χ3n) is 5.05. The van der Waals surface area contributed by atoms with E-state index < -0.39 is 0 Å². The second-order valence-corrected chi connectivity index (χ2v) is 8.85. The van der Waals surface area contributed by atoms with Crippen LogP contribution in [-0.2, 0) is 19.4 Å². The van der Waals surface area contributed by atoms with Gasteiger partial charge in [-0.2, -0.15) is 0 Å². The molecule has 3 rings (SSSR count). The Balaban J connectivity index is 1.69. The van der Waals surface area contributed by atoms with Gasteiger partial charge in [0.05, 0.1) is 26.1 Å². The molecular formula is C24H28N2O3S2. The van der Waals surface area contributed by atoms with Gasteiger partial charge in [-0.3, -0.25) is 9.56 Å². The first-order valence-electron chi connectivity index (χ1n) is 10.3. The van der Waals surface area contributed by atoms with Gasteiger partial charge in [-0.15, -0.1) is 0 Å². The Morgan fingerprint density at radius 1 is 1.03 bits per heavy atom. The third-order valence-corrected chi connectivity index (χ3v) is 6.43. The van der Waals surface area contributed by atoms with Crippen molar-refractivity contribution >= 4 is 35.5 Å². The van der Waals surface area contributed by atoms with Crippen LogP contribution < -0.4 is 9.47 Å². The fourth-order valence-corrected chi connectivity index (χ4v) is 4.47. The number of rotatable bonds is 10. The zero-order valence-corrected chi connectivity index (χ0v) is 19.8. The van der Waals surface area contributed by atoms with Crippen molar-refractivity contribution in [3.8, 4) is 17.4 Å². The lowest BCUT2D eigenvalue weighted by Crippen LogP contribution is -2.01. The average Bonchev–Trinajstić information content (AvgIpc) is 3.07. The highest BCUT2D eigenvalue weighted by Gasteiger charge is 2.11. The van der Waals surface area contributed by atoms with E-state index in [1.54, 1.807) is 25.0 Å². The number of aromatic nitrogens is 1. The standard InChI is InChI=1S/C24H28N2O3S2/c1-4-5-6-17-7-10-19(11-8-17)25-16-22-23(27)26(24(30)31-22)14-13-18-9-12-20(28-2)21(15-18)29-3/h7-12,15-16,27H,4-6,13-14H2,1-3H3. The first-order valence-corrected chi connectivity index (χ1v) is 11.5. The molecular weight excluding hydrogens is 428 g/mol. The summed E-state index contributed by atoms with van der Waals surface area (Å²) in [6.07, 6.45) is 5.85.